The highest BCUT2D eigenvalue weighted by Gasteiger charge is 1.99. The molecule has 0 aliphatic carbocycles. The molecule has 0 amide bonds. The van der Waals surface area contributed by atoms with Gasteiger partial charge in [0, 0.05) is 0 Å². The van der Waals surface area contributed by atoms with Crippen molar-refractivity contribution in [3.05, 3.63) is 23.8 Å². The Hall–Kier alpha value is -1.14. The number of hydrogen-bond donors (Lipinski definition) is 1. The zero-order valence-corrected chi connectivity index (χ0v) is 6.85. The Morgan fingerprint density at radius 3 is 2.82 bits per heavy atom. The number of nitriles is 1. The van der Waals surface area contributed by atoms with Crippen molar-refractivity contribution in [2.45, 2.75) is 4.90 Å². The Morgan fingerprint density at radius 2 is 2.27 bits per heavy atom. The summed E-state index contributed by atoms with van der Waals surface area (Å²) in [6, 6.07) is 6.80. The quantitative estimate of drug-likeness (QED) is 0.647. The van der Waals surface area contributed by atoms with E-state index in [1.165, 1.54) is 17.8 Å². The fraction of sp³-hybridized carbons (Fsp3) is 0.125. The first-order valence-corrected chi connectivity index (χ1v) is 4.27. The monoisotopic (exact) mass is 165 g/mol. The molecular weight excluding hydrogens is 158 g/mol. The fourth-order valence-corrected chi connectivity index (χ4v) is 1.27. The molecule has 0 spiro atoms. The summed E-state index contributed by atoms with van der Waals surface area (Å²) in [6.45, 7) is 0. The van der Waals surface area contributed by atoms with E-state index in [9.17, 15) is 5.11 Å². The van der Waals surface area contributed by atoms with Crippen molar-refractivity contribution in [1.82, 2.24) is 0 Å². The van der Waals surface area contributed by atoms with Gasteiger partial charge >= 0.3 is 0 Å². The van der Waals surface area contributed by atoms with Crippen LogP contribution in [-0.2, 0) is 0 Å². The minimum Gasteiger partial charge on any atom is -0.507 e. The smallest absolute Gasteiger partial charge is 0.129 e. The van der Waals surface area contributed by atoms with Crippen molar-refractivity contribution >= 4 is 11.8 Å². The molecule has 11 heavy (non-hydrogen) atoms. The average Bonchev–Trinajstić information content (AvgIpc) is 2.05. The van der Waals surface area contributed by atoms with E-state index in [2.05, 4.69) is 0 Å². The lowest BCUT2D eigenvalue weighted by atomic mass is 10.2. The van der Waals surface area contributed by atoms with Gasteiger partial charge in [0.05, 0.1) is 16.5 Å². The standard InChI is InChI=1S/C8H7NOS/c1-11-8-4-6(5-9)2-3-7(8)10/h2-4,10H,1H3. The molecule has 0 aliphatic heterocycles. The molecule has 0 fully saturated rings. The number of nitrogens with zero attached hydrogens (tertiary/aromatic N) is 1. The van der Waals surface area contributed by atoms with Crippen molar-refractivity contribution < 1.29 is 5.11 Å². The van der Waals surface area contributed by atoms with Crippen LogP contribution in [-0.4, -0.2) is 11.4 Å². The first-order valence-electron chi connectivity index (χ1n) is 3.05. The fourth-order valence-electron chi connectivity index (χ4n) is 0.747. The van der Waals surface area contributed by atoms with Gasteiger partial charge in [-0.1, -0.05) is 0 Å². The molecule has 0 heterocycles. The van der Waals surface area contributed by atoms with Crippen LogP contribution in [0.5, 0.6) is 5.75 Å². The van der Waals surface area contributed by atoms with Gasteiger partial charge in [0.25, 0.3) is 0 Å². The highest BCUT2D eigenvalue weighted by atomic mass is 32.2. The molecule has 0 aliphatic rings. The highest BCUT2D eigenvalue weighted by Crippen LogP contribution is 2.26. The van der Waals surface area contributed by atoms with Gasteiger partial charge in [-0.05, 0) is 24.5 Å². The van der Waals surface area contributed by atoms with E-state index < -0.39 is 0 Å². The summed E-state index contributed by atoms with van der Waals surface area (Å²) in [5, 5.41) is 17.7. The maximum atomic E-state index is 9.20. The summed E-state index contributed by atoms with van der Waals surface area (Å²) < 4.78 is 0. The Bertz CT molecular complexity index is 303. The van der Waals surface area contributed by atoms with Crippen LogP contribution < -0.4 is 0 Å². The van der Waals surface area contributed by atoms with Crippen molar-refractivity contribution in [2.24, 2.45) is 0 Å². The third-order valence-electron chi connectivity index (χ3n) is 1.31. The van der Waals surface area contributed by atoms with Gasteiger partial charge in [0.15, 0.2) is 0 Å². The molecule has 0 atom stereocenters. The second-order valence-electron chi connectivity index (χ2n) is 2.00. The SMILES string of the molecule is CSc1cc(C#N)ccc1O. The topological polar surface area (TPSA) is 44.0 Å². The summed E-state index contributed by atoms with van der Waals surface area (Å²) in [4.78, 5) is 0.740. The van der Waals surface area contributed by atoms with Crippen LogP contribution in [0.1, 0.15) is 5.56 Å². The predicted molar refractivity (Wildman–Crippen MR) is 44.6 cm³/mol. The molecule has 0 saturated heterocycles. The summed E-state index contributed by atoms with van der Waals surface area (Å²) in [7, 11) is 0. The van der Waals surface area contributed by atoms with Crippen LogP contribution in [0.25, 0.3) is 0 Å². The lowest BCUT2D eigenvalue weighted by Gasteiger charge is -1.99. The molecule has 1 aromatic rings. The van der Waals surface area contributed by atoms with E-state index in [0.717, 1.165) is 4.90 Å². The lowest BCUT2D eigenvalue weighted by molar-refractivity contribution is 0.462. The first kappa shape index (κ1) is 7.96. The Labute approximate surface area is 69.5 Å². The highest BCUT2D eigenvalue weighted by molar-refractivity contribution is 7.98. The van der Waals surface area contributed by atoms with Gasteiger partial charge in [-0.15, -0.1) is 11.8 Å². The van der Waals surface area contributed by atoms with Gasteiger partial charge in [0.1, 0.15) is 5.75 Å². The van der Waals surface area contributed by atoms with Crippen molar-refractivity contribution in [2.75, 3.05) is 6.26 Å². The van der Waals surface area contributed by atoms with Crippen molar-refractivity contribution in [3.63, 3.8) is 0 Å². The molecule has 0 saturated carbocycles. The molecule has 3 heteroatoms. The molecule has 1 aromatic carbocycles. The zero-order chi connectivity index (χ0) is 8.27. The number of benzene rings is 1. The molecule has 1 rings (SSSR count). The van der Waals surface area contributed by atoms with E-state index in [4.69, 9.17) is 5.26 Å². The molecular formula is C8H7NOS. The van der Waals surface area contributed by atoms with E-state index in [-0.39, 0.29) is 5.75 Å². The van der Waals surface area contributed by atoms with Gasteiger partial charge in [-0.2, -0.15) is 5.26 Å². The van der Waals surface area contributed by atoms with Crippen LogP contribution in [0.2, 0.25) is 0 Å². The second-order valence-corrected chi connectivity index (χ2v) is 2.85. The predicted octanol–water partition coefficient (Wildman–Crippen LogP) is 1.99. The molecule has 0 aromatic heterocycles. The Morgan fingerprint density at radius 1 is 1.55 bits per heavy atom. The van der Waals surface area contributed by atoms with E-state index >= 15 is 0 Å². The number of phenols is 1. The van der Waals surface area contributed by atoms with Crippen LogP contribution >= 0.6 is 11.8 Å². The molecule has 0 bridgehead atoms. The summed E-state index contributed by atoms with van der Waals surface area (Å²) in [6.07, 6.45) is 1.86. The average molecular weight is 165 g/mol. The zero-order valence-electron chi connectivity index (χ0n) is 6.03. The Kier molecular flexibility index (Phi) is 2.40. The maximum absolute atomic E-state index is 9.20. The maximum Gasteiger partial charge on any atom is 0.129 e. The number of phenolic OH excluding ortho intramolecular Hbond substituents is 1. The second kappa shape index (κ2) is 3.31. The molecule has 0 radical (unpaired) electrons. The van der Waals surface area contributed by atoms with Gasteiger partial charge in [0.2, 0.25) is 0 Å². The molecule has 0 unspecified atom stereocenters. The number of aromatic hydroxyl groups is 1. The van der Waals surface area contributed by atoms with E-state index in [0.29, 0.717) is 5.56 Å². The van der Waals surface area contributed by atoms with Crippen LogP contribution in [0, 0.1) is 11.3 Å². The van der Waals surface area contributed by atoms with Gasteiger partial charge in [-0.25, -0.2) is 0 Å². The summed E-state index contributed by atoms with van der Waals surface area (Å²) in [5.41, 5.74) is 0.576. The third-order valence-corrected chi connectivity index (χ3v) is 2.08. The lowest BCUT2D eigenvalue weighted by Crippen LogP contribution is -1.76. The summed E-state index contributed by atoms with van der Waals surface area (Å²) >= 11 is 1.42. The van der Waals surface area contributed by atoms with Gasteiger partial charge < -0.3 is 5.11 Å². The minimum atomic E-state index is 0.233. The number of thioether (sulfide) groups is 1. The normalized spacial score (nSPS) is 9.09. The third kappa shape index (κ3) is 1.66. The molecule has 56 valence electrons. The van der Waals surface area contributed by atoms with Crippen LogP contribution in [0.15, 0.2) is 23.1 Å². The molecule has 1 N–H and O–H groups in total. The largest absolute Gasteiger partial charge is 0.507 e. The van der Waals surface area contributed by atoms with Crippen LogP contribution in [0.4, 0.5) is 0 Å². The minimum absolute atomic E-state index is 0.233. The Balaban J connectivity index is 3.15. The number of rotatable bonds is 1. The number of hydrogen-bond acceptors (Lipinski definition) is 3. The van der Waals surface area contributed by atoms with Crippen molar-refractivity contribution in [1.29, 1.82) is 5.26 Å². The van der Waals surface area contributed by atoms with E-state index in [1.807, 2.05) is 12.3 Å². The first-order chi connectivity index (χ1) is 5.27. The van der Waals surface area contributed by atoms with Gasteiger partial charge in [-0.3, -0.25) is 0 Å². The molecule has 2 nitrogen and oxygen atoms in total. The summed E-state index contributed by atoms with van der Waals surface area (Å²) in [5.74, 6) is 0.233. The van der Waals surface area contributed by atoms with E-state index in [1.54, 1.807) is 12.1 Å². The van der Waals surface area contributed by atoms with Crippen molar-refractivity contribution in [3.8, 4) is 11.8 Å². The van der Waals surface area contributed by atoms with Crippen LogP contribution in [0.3, 0.4) is 0 Å².